The lowest BCUT2D eigenvalue weighted by atomic mass is 10.00. The van der Waals surface area contributed by atoms with Gasteiger partial charge in [-0.25, -0.2) is 0 Å². The Morgan fingerprint density at radius 1 is 1.19 bits per heavy atom. The number of hydrogen-bond donors (Lipinski definition) is 0. The van der Waals surface area contributed by atoms with Gasteiger partial charge >= 0.3 is 0 Å². The summed E-state index contributed by atoms with van der Waals surface area (Å²) in [4.78, 5) is 41.1. The van der Waals surface area contributed by atoms with Crippen LogP contribution in [0.3, 0.4) is 0 Å². The van der Waals surface area contributed by atoms with E-state index in [1.165, 1.54) is 5.56 Å². The summed E-state index contributed by atoms with van der Waals surface area (Å²) in [5.74, 6) is -0.147. The van der Waals surface area contributed by atoms with Gasteiger partial charge in [0.1, 0.15) is 12.3 Å². The Labute approximate surface area is 196 Å². The molecule has 0 atom stereocenters. The minimum Gasteiger partial charge on any atom is -0.489 e. The summed E-state index contributed by atoms with van der Waals surface area (Å²) < 4.78 is 5.62. The summed E-state index contributed by atoms with van der Waals surface area (Å²) in [6, 6.07) is 13.2. The maximum absolute atomic E-state index is 12.8. The first-order valence-electron chi connectivity index (χ1n) is 10.4. The molecule has 0 saturated carbocycles. The van der Waals surface area contributed by atoms with Crippen molar-refractivity contribution in [3.63, 3.8) is 0 Å². The zero-order chi connectivity index (χ0) is 22.8. The highest BCUT2D eigenvalue weighted by atomic mass is 35.5. The molecular formula is C24H23ClN2O4S. The molecule has 2 heterocycles. The number of carbonyl (C=O) groups excluding carboxylic acids is 3. The molecule has 6 nitrogen and oxygen atoms in total. The molecule has 1 saturated heterocycles. The molecule has 0 N–H and O–H groups in total. The predicted molar refractivity (Wildman–Crippen MR) is 125 cm³/mol. The summed E-state index contributed by atoms with van der Waals surface area (Å²) in [6.45, 7) is 4.62. The van der Waals surface area contributed by atoms with E-state index >= 15 is 0 Å². The van der Waals surface area contributed by atoms with Crippen LogP contribution < -0.4 is 4.74 Å². The van der Waals surface area contributed by atoms with Crippen LogP contribution in [0.25, 0.3) is 6.08 Å². The topological polar surface area (TPSA) is 66.9 Å². The van der Waals surface area contributed by atoms with E-state index in [1.54, 1.807) is 29.2 Å². The van der Waals surface area contributed by atoms with Crippen molar-refractivity contribution in [2.24, 2.45) is 0 Å². The van der Waals surface area contributed by atoms with E-state index in [0.717, 1.165) is 28.6 Å². The van der Waals surface area contributed by atoms with Crippen molar-refractivity contribution >= 4 is 46.5 Å². The smallest absolute Gasteiger partial charge is 0.294 e. The monoisotopic (exact) mass is 470 g/mol. The molecule has 4 rings (SSSR count). The van der Waals surface area contributed by atoms with Gasteiger partial charge < -0.3 is 9.64 Å². The van der Waals surface area contributed by atoms with E-state index in [9.17, 15) is 14.4 Å². The quantitative estimate of drug-likeness (QED) is 0.590. The summed E-state index contributed by atoms with van der Waals surface area (Å²) in [7, 11) is 0. The summed E-state index contributed by atoms with van der Waals surface area (Å²) in [5, 5.41) is -0.0231. The molecule has 2 aliphatic rings. The van der Waals surface area contributed by atoms with Crippen molar-refractivity contribution in [2.45, 2.75) is 32.9 Å². The Bertz CT molecular complexity index is 1110. The van der Waals surface area contributed by atoms with Crippen molar-refractivity contribution in [1.29, 1.82) is 0 Å². The van der Waals surface area contributed by atoms with Gasteiger partial charge in [0.05, 0.1) is 16.0 Å². The largest absolute Gasteiger partial charge is 0.489 e. The first-order chi connectivity index (χ1) is 15.3. The van der Waals surface area contributed by atoms with E-state index in [0.29, 0.717) is 29.4 Å². The van der Waals surface area contributed by atoms with Gasteiger partial charge in [-0.05, 0) is 66.9 Å². The Morgan fingerprint density at radius 3 is 2.66 bits per heavy atom. The van der Waals surface area contributed by atoms with Gasteiger partial charge in [-0.1, -0.05) is 41.9 Å². The molecule has 8 heteroatoms. The van der Waals surface area contributed by atoms with Crippen molar-refractivity contribution in [2.75, 3.05) is 13.1 Å². The first-order valence-corrected chi connectivity index (χ1v) is 11.6. The average Bonchev–Trinajstić information content (AvgIpc) is 3.02. The fraction of sp³-hybridized carbons (Fsp3) is 0.292. The number of thioether (sulfide) groups is 1. The van der Waals surface area contributed by atoms with Crippen molar-refractivity contribution in [1.82, 2.24) is 9.80 Å². The third kappa shape index (κ3) is 4.84. The van der Waals surface area contributed by atoms with E-state index in [4.69, 9.17) is 16.3 Å². The summed E-state index contributed by atoms with van der Waals surface area (Å²) >= 11 is 7.10. The Hall–Kier alpha value is -2.77. The Kier molecular flexibility index (Phi) is 6.58. The molecule has 0 unspecified atom stereocenters. The molecule has 0 aliphatic carbocycles. The van der Waals surface area contributed by atoms with Crippen LogP contribution in [0.15, 0.2) is 47.4 Å². The summed E-state index contributed by atoms with van der Waals surface area (Å²) in [5.41, 5.74) is 3.01. The van der Waals surface area contributed by atoms with E-state index in [-0.39, 0.29) is 23.5 Å². The van der Waals surface area contributed by atoms with Crippen LogP contribution in [0, 0.1) is 0 Å². The number of rotatable bonds is 5. The van der Waals surface area contributed by atoms with Crippen LogP contribution in [-0.4, -0.2) is 46.0 Å². The van der Waals surface area contributed by atoms with Gasteiger partial charge in [0, 0.05) is 13.1 Å². The Balaban J connectivity index is 1.44. The maximum atomic E-state index is 12.8. The number of carbonyl (C=O) groups is 3. The van der Waals surface area contributed by atoms with Crippen LogP contribution in [0.2, 0.25) is 5.02 Å². The molecule has 0 aromatic heterocycles. The molecule has 2 aliphatic heterocycles. The van der Waals surface area contributed by atoms with Gasteiger partial charge in [-0.15, -0.1) is 0 Å². The third-order valence-electron chi connectivity index (χ3n) is 5.27. The van der Waals surface area contributed by atoms with Crippen LogP contribution in [-0.2, 0) is 22.6 Å². The molecule has 166 valence electrons. The highest BCUT2D eigenvalue weighted by molar-refractivity contribution is 8.18. The van der Waals surface area contributed by atoms with E-state index in [1.807, 2.05) is 32.0 Å². The average molecular weight is 471 g/mol. The van der Waals surface area contributed by atoms with Crippen LogP contribution in [0.4, 0.5) is 4.79 Å². The number of imide groups is 1. The normalized spacial score (nSPS) is 17.3. The fourth-order valence-corrected chi connectivity index (χ4v) is 4.76. The number of hydrogen-bond acceptors (Lipinski definition) is 5. The fourth-order valence-electron chi connectivity index (χ4n) is 3.69. The van der Waals surface area contributed by atoms with Gasteiger partial charge in [0.15, 0.2) is 0 Å². The molecular weight excluding hydrogens is 448 g/mol. The molecule has 0 radical (unpaired) electrons. The lowest BCUT2D eigenvalue weighted by Crippen LogP contribution is -2.44. The van der Waals surface area contributed by atoms with E-state index < -0.39 is 11.1 Å². The van der Waals surface area contributed by atoms with Crippen molar-refractivity contribution in [3.05, 3.63) is 69.1 Å². The van der Waals surface area contributed by atoms with Crippen molar-refractivity contribution < 1.29 is 19.1 Å². The number of benzene rings is 2. The van der Waals surface area contributed by atoms with Crippen LogP contribution in [0.5, 0.6) is 5.75 Å². The molecule has 0 bridgehead atoms. The molecule has 1 fully saturated rings. The highest BCUT2D eigenvalue weighted by Gasteiger charge is 2.37. The van der Waals surface area contributed by atoms with Gasteiger partial charge in [-0.3, -0.25) is 19.3 Å². The number of amides is 3. The van der Waals surface area contributed by atoms with Crippen molar-refractivity contribution in [3.8, 4) is 5.75 Å². The zero-order valence-electron chi connectivity index (χ0n) is 17.8. The maximum Gasteiger partial charge on any atom is 0.294 e. The second-order valence-corrected chi connectivity index (χ2v) is 9.36. The van der Waals surface area contributed by atoms with Gasteiger partial charge in [0.25, 0.3) is 11.1 Å². The van der Waals surface area contributed by atoms with Gasteiger partial charge in [-0.2, -0.15) is 0 Å². The van der Waals surface area contributed by atoms with Crippen LogP contribution in [0.1, 0.15) is 30.5 Å². The van der Waals surface area contributed by atoms with E-state index in [2.05, 4.69) is 6.07 Å². The second-order valence-electron chi connectivity index (χ2n) is 7.96. The highest BCUT2D eigenvalue weighted by Crippen LogP contribution is 2.34. The molecule has 2 aromatic carbocycles. The minimum atomic E-state index is -0.468. The third-order valence-corrected chi connectivity index (χ3v) is 6.47. The standard InChI is InChI=1S/C24H23ClN2O4S/c1-15(2)31-20-8-7-16(11-19(20)25)12-21-23(29)27(24(30)32-21)14-22(28)26-10-9-17-5-3-4-6-18(17)13-26/h3-8,11-12,15H,9-10,13-14H2,1-2H3/b21-12-. The summed E-state index contributed by atoms with van der Waals surface area (Å²) in [6.07, 6.45) is 2.36. The predicted octanol–water partition coefficient (Wildman–Crippen LogP) is 4.75. The zero-order valence-corrected chi connectivity index (χ0v) is 19.4. The number of nitrogens with zero attached hydrogens (tertiary/aromatic N) is 2. The number of fused-ring (bicyclic) bond motifs is 1. The first kappa shape index (κ1) is 22.4. The lowest BCUT2D eigenvalue weighted by molar-refractivity contribution is -0.136. The number of ether oxygens (including phenoxy) is 1. The minimum absolute atomic E-state index is 0.0132. The second kappa shape index (κ2) is 9.38. The SMILES string of the molecule is CC(C)Oc1ccc(/C=C2\SC(=O)N(CC(=O)N3CCc4ccccc4C3)C2=O)cc1Cl. The molecule has 2 aromatic rings. The Morgan fingerprint density at radius 2 is 1.94 bits per heavy atom. The van der Waals surface area contributed by atoms with Crippen LogP contribution >= 0.6 is 23.4 Å². The molecule has 32 heavy (non-hydrogen) atoms. The molecule has 3 amide bonds. The lowest BCUT2D eigenvalue weighted by Gasteiger charge is -2.29. The number of halogens is 1. The molecule has 0 spiro atoms. The van der Waals surface area contributed by atoms with Gasteiger partial charge in [0.2, 0.25) is 5.91 Å².